The highest BCUT2D eigenvalue weighted by molar-refractivity contribution is 7.13. The van der Waals surface area contributed by atoms with Crippen molar-refractivity contribution in [2.45, 2.75) is 25.8 Å². The fourth-order valence-corrected chi connectivity index (χ4v) is 4.63. The summed E-state index contributed by atoms with van der Waals surface area (Å²) in [7, 11) is 0. The number of carbonyl (C=O) groups is 2. The molecule has 0 aliphatic carbocycles. The summed E-state index contributed by atoms with van der Waals surface area (Å²) in [5, 5.41) is 12.0. The van der Waals surface area contributed by atoms with Gasteiger partial charge in [-0.1, -0.05) is 29.0 Å². The van der Waals surface area contributed by atoms with Gasteiger partial charge >= 0.3 is 0 Å². The molecule has 5 rings (SSSR count). The summed E-state index contributed by atoms with van der Waals surface area (Å²) >= 11 is 1.22. The average Bonchev–Trinajstić information content (AvgIpc) is 3.53. The lowest BCUT2D eigenvalue weighted by molar-refractivity contribution is 0.0735. The van der Waals surface area contributed by atoms with E-state index in [1.807, 2.05) is 36.1 Å². The second kappa shape index (κ2) is 7.99. The lowest BCUT2D eigenvalue weighted by Gasteiger charge is -2.22. The number of anilines is 1. The van der Waals surface area contributed by atoms with Crippen molar-refractivity contribution in [1.29, 1.82) is 0 Å². The lowest BCUT2D eigenvalue weighted by atomic mass is 10.1. The van der Waals surface area contributed by atoms with Crippen LogP contribution in [-0.2, 0) is 0 Å². The van der Waals surface area contributed by atoms with Crippen LogP contribution in [-0.4, -0.2) is 40.2 Å². The highest BCUT2D eigenvalue weighted by atomic mass is 32.1. The quantitative estimate of drug-likeness (QED) is 0.669. The first-order chi connectivity index (χ1) is 15.1. The van der Waals surface area contributed by atoms with E-state index in [2.05, 4.69) is 15.5 Å². The van der Waals surface area contributed by atoms with Crippen LogP contribution in [0.2, 0.25) is 0 Å². The van der Waals surface area contributed by atoms with Gasteiger partial charge in [0.15, 0.2) is 11.5 Å². The number of hydrogen-bond donors (Lipinski definition) is 1. The third kappa shape index (κ3) is 3.84. The first-order valence-electron chi connectivity index (χ1n) is 10.0. The fourth-order valence-electron chi connectivity index (χ4n) is 3.75. The molecule has 2 amide bonds. The molecule has 8 nitrogen and oxygen atoms in total. The molecule has 3 aromatic rings. The minimum absolute atomic E-state index is 0.0240. The number of aryl methyl sites for hydroxylation is 1. The lowest BCUT2D eigenvalue weighted by Crippen LogP contribution is -2.30. The molecular weight excluding hydrogens is 416 g/mol. The van der Waals surface area contributed by atoms with E-state index in [1.54, 1.807) is 18.2 Å². The molecule has 3 heterocycles. The monoisotopic (exact) mass is 436 g/mol. The molecule has 0 unspecified atom stereocenters. The molecule has 1 atom stereocenters. The standard InChI is InChI=1S/C22H20N4O4S/c1-13-4-6-14(7-5-13)22(28)26-10-2-3-16(26)20-24-25-21(31-20)19(27)23-15-8-9-17-18(11-15)30-12-29-17/h4-9,11,16H,2-3,10,12H2,1H3,(H,23,27)/t16-/m1/s1. The van der Waals surface area contributed by atoms with E-state index in [0.717, 1.165) is 18.4 Å². The molecule has 9 heteroatoms. The van der Waals surface area contributed by atoms with Gasteiger partial charge < -0.3 is 19.7 Å². The number of nitrogens with zero attached hydrogens (tertiary/aromatic N) is 3. The zero-order valence-electron chi connectivity index (χ0n) is 16.8. The van der Waals surface area contributed by atoms with E-state index >= 15 is 0 Å². The third-order valence-electron chi connectivity index (χ3n) is 5.36. The molecule has 2 aliphatic heterocycles. The Hall–Kier alpha value is -3.46. The van der Waals surface area contributed by atoms with Gasteiger partial charge in [0, 0.05) is 23.9 Å². The third-order valence-corrected chi connectivity index (χ3v) is 6.39. The Kier molecular flexibility index (Phi) is 5.03. The van der Waals surface area contributed by atoms with Crippen LogP contribution in [0.3, 0.4) is 0 Å². The van der Waals surface area contributed by atoms with Gasteiger partial charge in [-0.25, -0.2) is 0 Å². The zero-order valence-corrected chi connectivity index (χ0v) is 17.6. The number of aromatic nitrogens is 2. The highest BCUT2D eigenvalue weighted by Crippen LogP contribution is 2.36. The number of nitrogens with one attached hydrogen (secondary N) is 1. The van der Waals surface area contributed by atoms with E-state index in [-0.39, 0.29) is 29.7 Å². The van der Waals surface area contributed by atoms with Gasteiger partial charge in [0.2, 0.25) is 11.8 Å². The van der Waals surface area contributed by atoms with E-state index in [4.69, 9.17) is 9.47 Å². The van der Waals surface area contributed by atoms with Crippen molar-refractivity contribution in [3.8, 4) is 11.5 Å². The Labute approximate surface area is 182 Å². The van der Waals surface area contributed by atoms with Crippen LogP contribution >= 0.6 is 11.3 Å². The number of benzene rings is 2. The van der Waals surface area contributed by atoms with Crippen LogP contribution in [0.1, 0.15) is 49.6 Å². The van der Waals surface area contributed by atoms with E-state index in [0.29, 0.717) is 34.3 Å². The minimum atomic E-state index is -0.350. The molecule has 1 N–H and O–H groups in total. The van der Waals surface area contributed by atoms with Crippen molar-refractivity contribution in [3.05, 3.63) is 63.6 Å². The van der Waals surface area contributed by atoms with Crippen LogP contribution in [0.4, 0.5) is 5.69 Å². The first-order valence-corrected chi connectivity index (χ1v) is 10.8. The van der Waals surface area contributed by atoms with Gasteiger partial charge in [-0.2, -0.15) is 0 Å². The summed E-state index contributed by atoms with van der Waals surface area (Å²) in [6, 6.07) is 12.6. The van der Waals surface area contributed by atoms with Gasteiger partial charge in [0.25, 0.3) is 11.8 Å². The predicted octanol–water partition coefficient (Wildman–Crippen LogP) is 3.80. The van der Waals surface area contributed by atoms with Crippen LogP contribution in [0.15, 0.2) is 42.5 Å². The maximum absolute atomic E-state index is 13.0. The molecular formula is C22H20N4O4S. The molecule has 0 saturated carbocycles. The smallest absolute Gasteiger partial charge is 0.286 e. The summed E-state index contributed by atoms with van der Waals surface area (Å²) < 4.78 is 10.6. The second-order valence-corrected chi connectivity index (χ2v) is 8.50. The molecule has 158 valence electrons. The zero-order chi connectivity index (χ0) is 21.4. The SMILES string of the molecule is Cc1ccc(C(=O)N2CCC[C@@H]2c2nnc(C(=O)Nc3ccc4c(c3)OCO4)s2)cc1. The van der Waals surface area contributed by atoms with Gasteiger partial charge in [-0.3, -0.25) is 9.59 Å². The maximum Gasteiger partial charge on any atom is 0.286 e. The summed E-state index contributed by atoms with van der Waals surface area (Å²) in [6.45, 7) is 2.83. The Balaban J connectivity index is 1.30. The van der Waals surface area contributed by atoms with Crippen LogP contribution in [0.5, 0.6) is 11.5 Å². The summed E-state index contributed by atoms with van der Waals surface area (Å²) in [5.74, 6) is 0.865. The van der Waals surface area contributed by atoms with Crippen molar-refractivity contribution in [3.63, 3.8) is 0 Å². The van der Waals surface area contributed by atoms with Gasteiger partial charge in [0.05, 0.1) is 6.04 Å². The van der Waals surface area contributed by atoms with Crippen molar-refractivity contribution in [2.24, 2.45) is 0 Å². The molecule has 2 aliphatic rings. The molecule has 0 bridgehead atoms. The molecule has 1 aromatic heterocycles. The number of amides is 2. The number of carbonyl (C=O) groups excluding carboxylic acids is 2. The molecule has 1 saturated heterocycles. The molecule has 31 heavy (non-hydrogen) atoms. The predicted molar refractivity (Wildman–Crippen MR) is 115 cm³/mol. The molecule has 2 aromatic carbocycles. The summed E-state index contributed by atoms with van der Waals surface area (Å²) in [5.41, 5.74) is 2.35. The molecule has 1 fully saturated rings. The Morgan fingerprint density at radius 1 is 1.10 bits per heavy atom. The largest absolute Gasteiger partial charge is 0.454 e. The fraction of sp³-hybridized carbons (Fsp3) is 0.273. The maximum atomic E-state index is 13.0. The minimum Gasteiger partial charge on any atom is -0.454 e. The van der Waals surface area contributed by atoms with Gasteiger partial charge in [0.1, 0.15) is 5.01 Å². The van der Waals surface area contributed by atoms with E-state index < -0.39 is 0 Å². The summed E-state index contributed by atoms with van der Waals surface area (Å²) in [6.07, 6.45) is 1.69. The Bertz CT molecular complexity index is 1140. The topological polar surface area (TPSA) is 93.7 Å². The van der Waals surface area contributed by atoms with Gasteiger partial charge in [-0.15, -0.1) is 10.2 Å². The average molecular weight is 436 g/mol. The number of ether oxygens (including phenoxy) is 2. The number of likely N-dealkylation sites (tertiary alicyclic amines) is 1. The normalized spacial score (nSPS) is 17.1. The first kappa shape index (κ1) is 19.5. The summed E-state index contributed by atoms with van der Waals surface area (Å²) in [4.78, 5) is 27.5. The van der Waals surface area contributed by atoms with Crippen LogP contribution < -0.4 is 14.8 Å². The highest BCUT2D eigenvalue weighted by Gasteiger charge is 2.33. The molecule has 0 spiro atoms. The van der Waals surface area contributed by atoms with Crippen molar-refractivity contribution in [2.75, 3.05) is 18.7 Å². The number of fused-ring (bicyclic) bond motifs is 1. The van der Waals surface area contributed by atoms with Crippen molar-refractivity contribution < 1.29 is 19.1 Å². The van der Waals surface area contributed by atoms with E-state index in [9.17, 15) is 9.59 Å². The second-order valence-electron chi connectivity index (χ2n) is 7.49. The molecule has 0 radical (unpaired) electrons. The number of hydrogen-bond acceptors (Lipinski definition) is 7. The van der Waals surface area contributed by atoms with Gasteiger partial charge in [-0.05, 0) is 44.0 Å². The number of rotatable bonds is 4. The van der Waals surface area contributed by atoms with Crippen LogP contribution in [0, 0.1) is 6.92 Å². The van der Waals surface area contributed by atoms with E-state index in [1.165, 1.54) is 11.3 Å². The van der Waals surface area contributed by atoms with Crippen molar-refractivity contribution in [1.82, 2.24) is 15.1 Å². The van der Waals surface area contributed by atoms with Crippen molar-refractivity contribution >= 4 is 28.8 Å². The Morgan fingerprint density at radius 3 is 2.74 bits per heavy atom. The van der Waals surface area contributed by atoms with Crippen LogP contribution in [0.25, 0.3) is 0 Å². The Morgan fingerprint density at radius 2 is 1.90 bits per heavy atom.